The Morgan fingerprint density at radius 1 is 1.19 bits per heavy atom. The van der Waals surface area contributed by atoms with Gasteiger partial charge in [0.1, 0.15) is 5.82 Å². The molecule has 0 fully saturated rings. The molecule has 0 saturated heterocycles. The molecule has 0 radical (unpaired) electrons. The summed E-state index contributed by atoms with van der Waals surface area (Å²) in [5.41, 5.74) is 2.19. The zero-order chi connectivity index (χ0) is 18.2. The van der Waals surface area contributed by atoms with Crippen LogP contribution in [0.15, 0.2) is 47.1 Å². The number of furan rings is 1. The third-order valence-electron chi connectivity index (χ3n) is 4.36. The van der Waals surface area contributed by atoms with Gasteiger partial charge in [-0.2, -0.15) is 0 Å². The fourth-order valence-electron chi connectivity index (χ4n) is 3.03. The summed E-state index contributed by atoms with van der Waals surface area (Å²) in [6, 6.07) is 11.6. The second-order valence-electron chi connectivity index (χ2n) is 6.21. The molecule has 3 aromatic rings. The number of rotatable bonds is 10. The Balaban J connectivity index is 1.46. The first-order valence-corrected chi connectivity index (χ1v) is 9.04. The normalized spacial score (nSPS) is 11.1. The van der Waals surface area contributed by atoms with Crippen molar-refractivity contribution in [1.29, 1.82) is 0 Å². The number of methoxy groups -OCH3 is 1. The smallest absolute Gasteiger partial charge is 0.286 e. The molecule has 2 aromatic heterocycles. The van der Waals surface area contributed by atoms with Gasteiger partial charge in [-0.3, -0.25) is 4.79 Å². The van der Waals surface area contributed by atoms with Crippen LogP contribution in [0, 0.1) is 0 Å². The van der Waals surface area contributed by atoms with E-state index in [4.69, 9.17) is 14.1 Å². The van der Waals surface area contributed by atoms with E-state index in [2.05, 4.69) is 16.0 Å². The number of amides is 1. The highest BCUT2D eigenvalue weighted by molar-refractivity contribution is 5.91. The number of hydrogen-bond acceptors (Lipinski definition) is 4. The molecule has 0 atom stereocenters. The highest BCUT2D eigenvalue weighted by Gasteiger charge is 2.10. The number of nitrogens with one attached hydrogen (secondary N) is 1. The van der Waals surface area contributed by atoms with Gasteiger partial charge in [-0.05, 0) is 37.1 Å². The molecule has 6 heteroatoms. The van der Waals surface area contributed by atoms with Gasteiger partial charge >= 0.3 is 0 Å². The first-order valence-electron chi connectivity index (χ1n) is 9.04. The summed E-state index contributed by atoms with van der Waals surface area (Å²) in [4.78, 5) is 16.5. The number of hydrogen-bond donors (Lipinski definition) is 1. The Morgan fingerprint density at radius 3 is 2.88 bits per heavy atom. The van der Waals surface area contributed by atoms with Gasteiger partial charge in [-0.15, -0.1) is 0 Å². The number of carbonyl (C=O) groups excluding carboxylic acids is 1. The molecule has 26 heavy (non-hydrogen) atoms. The van der Waals surface area contributed by atoms with E-state index >= 15 is 0 Å². The van der Waals surface area contributed by atoms with Gasteiger partial charge in [-0.1, -0.05) is 18.6 Å². The van der Waals surface area contributed by atoms with Crippen molar-refractivity contribution in [1.82, 2.24) is 14.9 Å². The van der Waals surface area contributed by atoms with Crippen molar-refractivity contribution in [2.75, 3.05) is 20.3 Å². The molecule has 6 nitrogen and oxygen atoms in total. The Kier molecular flexibility index (Phi) is 6.44. The summed E-state index contributed by atoms with van der Waals surface area (Å²) in [6.45, 7) is 2.14. The van der Waals surface area contributed by atoms with Gasteiger partial charge < -0.3 is 19.0 Å². The molecule has 138 valence electrons. The molecule has 0 unspecified atom stereocenters. The lowest BCUT2D eigenvalue weighted by atomic mass is 10.2. The third kappa shape index (κ3) is 4.52. The van der Waals surface area contributed by atoms with Crippen molar-refractivity contribution in [3.63, 3.8) is 0 Å². The van der Waals surface area contributed by atoms with Gasteiger partial charge in [-0.25, -0.2) is 4.98 Å². The monoisotopic (exact) mass is 355 g/mol. The van der Waals surface area contributed by atoms with Crippen molar-refractivity contribution in [3.8, 4) is 0 Å². The van der Waals surface area contributed by atoms with Crippen LogP contribution in [-0.4, -0.2) is 35.7 Å². The number of aryl methyl sites for hydroxylation is 1. The summed E-state index contributed by atoms with van der Waals surface area (Å²) in [7, 11) is 1.72. The number of imidazole rings is 1. The van der Waals surface area contributed by atoms with Crippen LogP contribution in [0.5, 0.6) is 0 Å². The number of carbonyl (C=O) groups is 1. The lowest BCUT2D eigenvalue weighted by Crippen LogP contribution is -2.23. The number of unbranched alkanes of at least 4 members (excludes halogenated alkanes) is 2. The molecule has 0 saturated carbocycles. The maximum atomic E-state index is 11.8. The number of fused-ring (bicyclic) bond motifs is 1. The maximum absolute atomic E-state index is 11.8. The number of benzene rings is 1. The molecule has 0 aliphatic rings. The highest BCUT2D eigenvalue weighted by Crippen LogP contribution is 2.17. The Labute approximate surface area is 153 Å². The lowest BCUT2D eigenvalue weighted by Gasteiger charge is -2.09. The zero-order valence-electron chi connectivity index (χ0n) is 15.1. The average Bonchev–Trinajstić information content (AvgIpc) is 3.30. The summed E-state index contributed by atoms with van der Waals surface area (Å²) < 4.78 is 12.6. The van der Waals surface area contributed by atoms with Crippen LogP contribution in [0.25, 0.3) is 11.0 Å². The zero-order valence-corrected chi connectivity index (χ0v) is 15.1. The number of nitrogens with zero attached hydrogens (tertiary/aromatic N) is 2. The second-order valence-corrected chi connectivity index (χ2v) is 6.21. The molecule has 0 aliphatic heterocycles. The summed E-state index contributed by atoms with van der Waals surface area (Å²) in [5, 5.41) is 2.87. The minimum atomic E-state index is -0.156. The summed E-state index contributed by atoms with van der Waals surface area (Å²) in [5.74, 6) is 1.30. The number of ether oxygens (including phenoxy) is 1. The third-order valence-corrected chi connectivity index (χ3v) is 4.36. The SMILES string of the molecule is COCCn1c(CCCCCNC(=O)c2ccco2)nc2ccccc21. The first kappa shape index (κ1) is 18.2. The molecule has 1 N–H and O–H groups in total. The first-order chi connectivity index (χ1) is 12.8. The fourth-order valence-corrected chi connectivity index (χ4v) is 3.03. The fraction of sp³-hybridized carbons (Fsp3) is 0.400. The minimum absolute atomic E-state index is 0.156. The van der Waals surface area contributed by atoms with Gasteiger partial charge in [0.05, 0.1) is 23.9 Å². The van der Waals surface area contributed by atoms with Crippen LogP contribution in [0.2, 0.25) is 0 Å². The summed E-state index contributed by atoms with van der Waals surface area (Å²) in [6.07, 6.45) is 5.43. The van der Waals surface area contributed by atoms with E-state index in [1.54, 1.807) is 19.2 Å². The van der Waals surface area contributed by atoms with Gasteiger partial charge in [0.15, 0.2) is 5.76 Å². The van der Waals surface area contributed by atoms with Gasteiger partial charge in [0.2, 0.25) is 0 Å². The standard InChI is InChI=1S/C20H25N3O3/c1-25-15-13-23-17-9-5-4-8-16(17)22-19(23)11-3-2-6-12-21-20(24)18-10-7-14-26-18/h4-5,7-10,14H,2-3,6,11-13,15H2,1H3,(H,21,24). The molecule has 2 heterocycles. The van der Waals surface area contributed by atoms with Crippen LogP contribution in [0.4, 0.5) is 0 Å². The van der Waals surface area contributed by atoms with Crippen LogP contribution < -0.4 is 5.32 Å². The van der Waals surface area contributed by atoms with Crippen molar-refractivity contribution in [3.05, 3.63) is 54.2 Å². The molecule has 1 aromatic carbocycles. The van der Waals surface area contributed by atoms with Crippen molar-refractivity contribution >= 4 is 16.9 Å². The Bertz CT molecular complexity index is 824. The van der Waals surface area contributed by atoms with E-state index in [9.17, 15) is 4.79 Å². The second kappa shape index (κ2) is 9.20. The van der Waals surface area contributed by atoms with Crippen molar-refractivity contribution < 1.29 is 13.9 Å². The quantitative estimate of drug-likeness (QED) is 0.566. The largest absolute Gasteiger partial charge is 0.459 e. The maximum Gasteiger partial charge on any atom is 0.286 e. The van der Waals surface area contributed by atoms with Crippen molar-refractivity contribution in [2.45, 2.75) is 32.2 Å². The number of aromatic nitrogens is 2. The molecule has 0 bridgehead atoms. The van der Waals surface area contributed by atoms with E-state index in [1.807, 2.05) is 18.2 Å². The lowest BCUT2D eigenvalue weighted by molar-refractivity contribution is 0.0925. The van der Waals surface area contributed by atoms with Crippen molar-refractivity contribution in [2.24, 2.45) is 0 Å². The predicted molar refractivity (Wildman–Crippen MR) is 100 cm³/mol. The highest BCUT2D eigenvalue weighted by atomic mass is 16.5. The molecular formula is C20H25N3O3. The molecule has 0 aliphatic carbocycles. The molecule has 1 amide bonds. The van der Waals surface area contributed by atoms with E-state index in [1.165, 1.54) is 6.26 Å². The van der Waals surface area contributed by atoms with E-state index in [0.717, 1.165) is 49.1 Å². The Morgan fingerprint density at radius 2 is 2.08 bits per heavy atom. The summed E-state index contributed by atoms with van der Waals surface area (Å²) >= 11 is 0. The average molecular weight is 355 g/mol. The topological polar surface area (TPSA) is 69.3 Å². The van der Waals surface area contributed by atoms with E-state index in [0.29, 0.717) is 18.9 Å². The van der Waals surface area contributed by atoms with E-state index in [-0.39, 0.29) is 5.91 Å². The number of para-hydroxylation sites is 2. The molecule has 0 spiro atoms. The predicted octanol–water partition coefficient (Wildman–Crippen LogP) is 3.42. The van der Waals surface area contributed by atoms with Crippen LogP contribution in [0.1, 0.15) is 35.6 Å². The van der Waals surface area contributed by atoms with Crippen LogP contribution >= 0.6 is 0 Å². The Hall–Kier alpha value is -2.60. The minimum Gasteiger partial charge on any atom is -0.459 e. The van der Waals surface area contributed by atoms with Gasteiger partial charge in [0.25, 0.3) is 5.91 Å². The van der Waals surface area contributed by atoms with Crippen LogP contribution in [0.3, 0.4) is 0 Å². The van der Waals surface area contributed by atoms with Crippen LogP contribution in [-0.2, 0) is 17.7 Å². The van der Waals surface area contributed by atoms with Gasteiger partial charge in [0, 0.05) is 26.6 Å². The van der Waals surface area contributed by atoms with E-state index < -0.39 is 0 Å². The molecular weight excluding hydrogens is 330 g/mol. The molecule has 3 rings (SSSR count).